The summed E-state index contributed by atoms with van der Waals surface area (Å²) in [5.41, 5.74) is 1.34. The number of aryl methyl sites for hydroxylation is 1. The minimum absolute atomic E-state index is 0.0158. The molecule has 0 saturated carbocycles. The van der Waals surface area contributed by atoms with Gasteiger partial charge in [-0.15, -0.1) is 0 Å². The van der Waals surface area contributed by atoms with Crippen LogP contribution in [0.15, 0.2) is 29.1 Å². The molecule has 1 unspecified atom stereocenters. The van der Waals surface area contributed by atoms with Crippen molar-refractivity contribution in [1.29, 1.82) is 0 Å². The Kier molecular flexibility index (Phi) is 5.16. The zero-order chi connectivity index (χ0) is 19.6. The van der Waals surface area contributed by atoms with Gasteiger partial charge in [0.1, 0.15) is 5.75 Å². The molecule has 2 aromatic rings. The first kappa shape index (κ1) is 18.5. The second-order valence-electron chi connectivity index (χ2n) is 6.07. The molecule has 0 radical (unpaired) electrons. The number of nitrogens with one attached hydrogen (secondary N) is 1. The number of aromatic amines is 1. The van der Waals surface area contributed by atoms with E-state index in [1.165, 1.54) is 14.2 Å². The van der Waals surface area contributed by atoms with Crippen molar-refractivity contribution in [2.45, 2.75) is 19.3 Å². The Labute approximate surface area is 155 Å². The summed E-state index contributed by atoms with van der Waals surface area (Å²) in [6, 6.07) is 6.67. The molecule has 27 heavy (non-hydrogen) atoms. The maximum atomic E-state index is 12.5. The summed E-state index contributed by atoms with van der Waals surface area (Å²) < 4.78 is 20.5. The molecular formula is C19H19NO7. The van der Waals surface area contributed by atoms with E-state index in [0.717, 1.165) is 0 Å². The zero-order valence-electron chi connectivity index (χ0n) is 15.2. The molecule has 1 aliphatic heterocycles. The van der Waals surface area contributed by atoms with Crippen molar-refractivity contribution in [2.75, 3.05) is 20.8 Å². The van der Waals surface area contributed by atoms with Gasteiger partial charge in [-0.3, -0.25) is 9.59 Å². The summed E-state index contributed by atoms with van der Waals surface area (Å²) in [4.78, 5) is 38.6. The SMILES string of the molecule is COC(=O)COc1cc(C2CC(=O)Oc3cc(C)[nH]c(=O)c32)ccc1OC. The van der Waals surface area contributed by atoms with Crippen molar-refractivity contribution < 1.29 is 28.5 Å². The molecule has 2 heterocycles. The second kappa shape index (κ2) is 7.53. The molecule has 8 nitrogen and oxygen atoms in total. The second-order valence-corrected chi connectivity index (χ2v) is 6.07. The number of ether oxygens (including phenoxy) is 4. The maximum absolute atomic E-state index is 12.5. The van der Waals surface area contributed by atoms with Gasteiger partial charge < -0.3 is 23.9 Å². The van der Waals surface area contributed by atoms with Crippen LogP contribution >= 0.6 is 0 Å². The fourth-order valence-electron chi connectivity index (χ4n) is 3.02. The van der Waals surface area contributed by atoms with Gasteiger partial charge in [-0.05, 0) is 24.6 Å². The van der Waals surface area contributed by atoms with Gasteiger partial charge >= 0.3 is 11.9 Å². The third-order valence-electron chi connectivity index (χ3n) is 4.27. The number of methoxy groups -OCH3 is 2. The lowest BCUT2D eigenvalue weighted by molar-refractivity contribution is -0.143. The minimum Gasteiger partial charge on any atom is -0.493 e. The largest absolute Gasteiger partial charge is 0.493 e. The van der Waals surface area contributed by atoms with E-state index < -0.39 is 17.9 Å². The monoisotopic (exact) mass is 373 g/mol. The summed E-state index contributed by atoms with van der Waals surface area (Å²) in [7, 11) is 2.74. The summed E-state index contributed by atoms with van der Waals surface area (Å²) >= 11 is 0. The number of fused-ring (bicyclic) bond motifs is 1. The molecule has 1 aromatic carbocycles. The number of hydrogen-bond donors (Lipinski definition) is 1. The number of H-pyrrole nitrogens is 1. The van der Waals surface area contributed by atoms with E-state index in [-0.39, 0.29) is 24.3 Å². The lowest BCUT2D eigenvalue weighted by Crippen LogP contribution is -2.28. The number of carbonyl (C=O) groups excluding carboxylic acids is 2. The van der Waals surface area contributed by atoms with Crippen molar-refractivity contribution in [3.8, 4) is 17.2 Å². The Bertz CT molecular complexity index is 948. The van der Waals surface area contributed by atoms with Crippen LogP contribution in [0, 0.1) is 6.92 Å². The van der Waals surface area contributed by atoms with Crippen molar-refractivity contribution in [1.82, 2.24) is 4.98 Å². The van der Waals surface area contributed by atoms with Crippen LogP contribution in [0.25, 0.3) is 0 Å². The smallest absolute Gasteiger partial charge is 0.343 e. The normalized spacial score (nSPS) is 15.5. The van der Waals surface area contributed by atoms with Gasteiger partial charge in [-0.25, -0.2) is 4.79 Å². The summed E-state index contributed by atoms with van der Waals surface area (Å²) in [6.07, 6.45) is 0.0158. The Balaban J connectivity index is 2.03. The Morgan fingerprint density at radius 1 is 1.22 bits per heavy atom. The van der Waals surface area contributed by atoms with Gasteiger partial charge in [0.25, 0.3) is 5.56 Å². The number of rotatable bonds is 5. The molecule has 3 rings (SSSR count). The zero-order valence-corrected chi connectivity index (χ0v) is 15.2. The topological polar surface area (TPSA) is 104 Å². The molecule has 142 valence electrons. The molecule has 1 atom stereocenters. The molecule has 0 aliphatic carbocycles. The minimum atomic E-state index is -0.541. The standard InChI is InChI=1S/C19H19NO7/c1-10-6-15-18(19(23)20-10)12(8-16(21)27-15)11-4-5-13(24-2)14(7-11)26-9-17(22)25-3/h4-7,12H,8-9H2,1-3H3,(H,20,23). The Morgan fingerprint density at radius 2 is 2.00 bits per heavy atom. The van der Waals surface area contributed by atoms with Crippen LogP contribution in [-0.2, 0) is 14.3 Å². The Hall–Kier alpha value is -3.29. The number of hydrogen-bond acceptors (Lipinski definition) is 7. The van der Waals surface area contributed by atoms with Gasteiger partial charge in [0.05, 0.1) is 26.2 Å². The molecule has 0 bridgehead atoms. The average molecular weight is 373 g/mol. The summed E-state index contributed by atoms with van der Waals surface area (Å²) in [5, 5.41) is 0. The fourth-order valence-corrected chi connectivity index (χ4v) is 3.02. The van der Waals surface area contributed by atoms with E-state index in [0.29, 0.717) is 28.3 Å². The van der Waals surface area contributed by atoms with E-state index in [9.17, 15) is 14.4 Å². The number of esters is 2. The molecule has 1 aliphatic rings. The highest BCUT2D eigenvalue weighted by Crippen LogP contribution is 2.39. The molecule has 0 spiro atoms. The lowest BCUT2D eigenvalue weighted by atomic mass is 9.87. The Morgan fingerprint density at radius 3 is 2.70 bits per heavy atom. The van der Waals surface area contributed by atoms with E-state index in [2.05, 4.69) is 9.72 Å². The first-order chi connectivity index (χ1) is 12.9. The summed E-state index contributed by atoms with van der Waals surface area (Å²) in [6.45, 7) is 1.42. The first-order valence-corrected chi connectivity index (χ1v) is 8.25. The molecular weight excluding hydrogens is 354 g/mol. The molecule has 1 N–H and O–H groups in total. The van der Waals surface area contributed by atoms with E-state index >= 15 is 0 Å². The lowest BCUT2D eigenvalue weighted by Gasteiger charge is -2.24. The molecule has 1 aromatic heterocycles. The number of carbonyl (C=O) groups is 2. The maximum Gasteiger partial charge on any atom is 0.343 e. The number of pyridine rings is 1. The van der Waals surface area contributed by atoms with E-state index in [1.54, 1.807) is 31.2 Å². The van der Waals surface area contributed by atoms with Gasteiger partial charge in [-0.1, -0.05) is 6.07 Å². The highest BCUT2D eigenvalue weighted by atomic mass is 16.6. The van der Waals surface area contributed by atoms with Crippen molar-refractivity contribution >= 4 is 11.9 Å². The van der Waals surface area contributed by atoms with Crippen LogP contribution in [-0.4, -0.2) is 37.7 Å². The van der Waals surface area contributed by atoms with Crippen LogP contribution in [0.1, 0.15) is 29.2 Å². The molecule has 8 heteroatoms. The van der Waals surface area contributed by atoms with E-state index in [4.69, 9.17) is 14.2 Å². The average Bonchev–Trinajstić information content (AvgIpc) is 2.64. The third-order valence-corrected chi connectivity index (χ3v) is 4.27. The van der Waals surface area contributed by atoms with Gasteiger partial charge in [0.2, 0.25) is 0 Å². The van der Waals surface area contributed by atoms with Crippen LogP contribution in [0.2, 0.25) is 0 Å². The van der Waals surface area contributed by atoms with Gasteiger partial charge in [0, 0.05) is 17.7 Å². The molecule has 0 fully saturated rings. The van der Waals surface area contributed by atoms with E-state index in [1.807, 2.05) is 0 Å². The number of benzene rings is 1. The highest BCUT2D eigenvalue weighted by Gasteiger charge is 2.32. The fraction of sp³-hybridized carbons (Fsp3) is 0.316. The summed E-state index contributed by atoms with van der Waals surface area (Å²) in [5.74, 6) is -0.489. The van der Waals surface area contributed by atoms with Crippen molar-refractivity contribution in [3.63, 3.8) is 0 Å². The highest BCUT2D eigenvalue weighted by molar-refractivity contribution is 5.77. The predicted octanol–water partition coefficient (Wildman–Crippen LogP) is 1.68. The van der Waals surface area contributed by atoms with Gasteiger partial charge in [-0.2, -0.15) is 0 Å². The van der Waals surface area contributed by atoms with Gasteiger partial charge in [0.15, 0.2) is 18.1 Å². The number of aromatic nitrogens is 1. The predicted molar refractivity (Wildman–Crippen MR) is 94.4 cm³/mol. The quantitative estimate of drug-likeness (QED) is 0.795. The van der Waals surface area contributed by atoms with Crippen LogP contribution in [0.3, 0.4) is 0 Å². The third kappa shape index (κ3) is 3.79. The van der Waals surface area contributed by atoms with Crippen LogP contribution in [0.5, 0.6) is 17.2 Å². The first-order valence-electron chi connectivity index (χ1n) is 8.25. The van der Waals surface area contributed by atoms with Crippen LogP contribution < -0.4 is 19.8 Å². The molecule has 0 amide bonds. The van der Waals surface area contributed by atoms with Crippen molar-refractivity contribution in [2.24, 2.45) is 0 Å². The molecule has 0 saturated heterocycles. The van der Waals surface area contributed by atoms with Crippen LogP contribution in [0.4, 0.5) is 0 Å². The van der Waals surface area contributed by atoms with Crippen molar-refractivity contribution in [3.05, 3.63) is 51.4 Å².